The Bertz CT molecular complexity index is 1630. The van der Waals surface area contributed by atoms with Crippen LogP contribution in [-0.2, 0) is 0 Å². The predicted octanol–water partition coefficient (Wildman–Crippen LogP) is 5.17. The molecule has 0 N–H and O–H groups in total. The van der Waals surface area contributed by atoms with Gasteiger partial charge >= 0.3 is 0 Å². The summed E-state index contributed by atoms with van der Waals surface area (Å²) in [5, 5.41) is 5.03. The minimum absolute atomic E-state index is 0.177. The predicted molar refractivity (Wildman–Crippen MR) is 146 cm³/mol. The van der Waals surface area contributed by atoms with Gasteiger partial charge in [0.15, 0.2) is 17.2 Å². The van der Waals surface area contributed by atoms with Crippen molar-refractivity contribution in [2.24, 2.45) is 0 Å². The van der Waals surface area contributed by atoms with Crippen LogP contribution < -0.4 is 9.64 Å². The molecule has 5 aromatic rings. The van der Waals surface area contributed by atoms with Gasteiger partial charge in [-0.25, -0.2) is 13.9 Å². The van der Waals surface area contributed by atoms with Gasteiger partial charge in [-0.15, -0.1) is 0 Å². The summed E-state index contributed by atoms with van der Waals surface area (Å²) in [5.74, 6) is -0.235. The fourth-order valence-electron chi connectivity index (χ4n) is 5.96. The molecule has 0 saturated carbocycles. The third-order valence-electron chi connectivity index (χ3n) is 7.92. The first-order valence-corrected chi connectivity index (χ1v) is 12.8. The topological polar surface area (TPSA) is 58.8 Å². The Kier molecular flexibility index (Phi) is 5.37. The van der Waals surface area contributed by atoms with Crippen LogP contribution in [-0.4, -0.2) is 63.8 Å². The lowest BCUT2D eigenvalue weighted by Crippen LogP contribution is -2.44. The quantitative estimate of drug-likeness (QED) is 0.328. The number of fused-ring (bicyclic) bond motifs is 3. The molecule has 2 aliphatic rings. The number of likely N-dealkylation sites (N-methyl/N-ethyl adjacent to an activating group) is 1. The van der Waals surface area contributed by atoms with E-state index in [0.29, 0.717) is 17.7 Å². The molecule has 2 aliphatic heterocycles. The molecule has 3 aromatic heterocycles. The number of benzene rings is 2. The molecule has 2 unspecified atom stereocenters. The molecule has 0 radical (unpaired) electrons. The van der Waals surface area contributed by atoms with Crippen LogP contribution in [0.3, 0.4) is 0 Å². The Morgan fingerprint density at radius 3 is 2.37 bits per heavy atom. The van der Waals surface area contributed by atoms with Crippen molar-refractivity contribution in [3.05, 3.63) is 85.1 Å². The van der Waals surface area contributed by atoms with Gasteiger partial charge in [-0.05, 0) is 61.5 Å². The van der Waals surface area contributed by atoms with Gasteiger partial charge in [0.05, 0.1) is 18.4 Å². The van der Waals surface area contributed by atoms with Gasteiger partial charge in [0.25, 0.3) is 0 Å². The summed E-state index contributed by atoms with van der Waals surface area (Å²) in [6.45, 7) is 2.21. The summed E-state index contributed by atoms with van der Waals surface area (Å²) >= 11 is 0. The van der Waals surface area contributed by atoms with Gasteiger partial charge in [0, 0.05) is 60.6 Å². The molecule has 7 nitrogen and oxygen atoms in total. The number of aromatic nitrogens is 4. The number of likely N-dealkylation sites (tertiary alicyclic amines) is 1. The summed E-state index contributed by atoms with van der Waals surface area (Å²) in [6.07, 6.45) is 6.52. The van der Waals surface area contributed by atoms with Crippen LogP contribution in [0.2, 0.25) is 0 Å². The number of hydrogen-bond acceptors (Lipinski definition) is 6. The van der Waals surface area contributed by atoms with Crippen LogP contribution in [0.4, 0.5) is 10.1 Å². The third kappa shape index (κ3) is 3.63. The van der Waals surface area contributed by atoms with Crippen molar-refractivity contribution in [3.63, 3.8) is 0 Å². The zero-order valence-corrected chi connectivity index (χ0v) is 21.3. The first-order chi connectivity index (χ1) is 18.6. The van der Waals surface area contributed by atoms with Crippen molar-refractivity contribution < 1.29 is 9.13 Å². The molecular weight excluding hydrogens is 479 g/mol. The highest BCUT2D eigenvalue weighted by Crippen LogP contribution is 2.38. The minimum atomic E-state index is -0.412. The van der Waals surface area contributed by atoms with Crippen molar-refractivity contribution in [1.29, 1.82) is 0 Å². The summed E-state index contributed by atoms with van der Waals surface area (Å²) in [7, 11) is 3.69. The zero-order valence-electron chi connectivity index (χ0n) is 21.3. The molecule has 190 valence electrons. The molecule has 7 rings (SSSR count). The van der Waals surface area contributed by atoms with E-state index in [1.54, 1.807) is 30.7 Å². The van der Waals surface area contributed by atoms with E-state index in [-0.39, 0.29) is 5.75 Å². The maximum absolute atomic E-state index is 14.3. The van der Waals surface area contributed by atoms with Gasteiger partial charge < -0.3 is 9.64 Å². The molecule has 0 spiro atoms. The first kappa shape index (κ1) is 22.9. The smallest absolute Gasteiger partial charge is 0.165 e. The third-order valence-corrected chi connectivity index (χ3v) is 7.92. The maximum Gasteiger partial charge on any atom is 0.165 e. The van der Waals surface area contributed by atoms with Gasteiger partial charge in [0.1, 0.15) is 5.69 Å². The zero-order chi connectivity index (χ0) is 25.8. The van der Waals surface area contributed by atoms with E-state index in [0.717, 1.165) is 46.7 Å². The number of piperazine rings is 1. The van der Waals surface area contributed by atoms with Crippen LogP contribution in [0.1, 0.15) is 6.42 Å². The molecule has 2 fully saturated rings. The van der Waals surface area contributed by atoms with Crippen molar-refractivity contribution in [2.75, 3.05) is 32.1 Å². The van der Waals surface area contributed by atoms with Gasteiger partial charge in [-0.2, -0.15) is 5.10 Å². The second-order valence-corrected chi connectivity index (χ2v) is 10.1. The van der Waals surface area contributed by atoms with Gasteiger partial charge in [0.2, 0.25) is 0 Å². The average molecular weight is 507 g/mol. The first-order valence-electron chi connectivity index (χ1n) is 12.8. The van der Waals surface area contributed by atoms with E-state index in [1.165, 1.54) is 25.3 Å². The van der Waals surface area contributed by atoms with Crippen LogP contribution in [0.15, 0.2) is 79.3 Å². The van der Waals surface area contributed by atoms with E-state index < -0.39 is 5.82 Å². The lowest BCUT2D eigenvalue weighted by atomic mass is 10.0. The number of methoxy groups -OCH3 is 1. The lowest BCUT2D eigenvalue weighted by molar-refractivity contribution is 0.292. The van der Waals surface area contributed by atoms with Gasteiger partial charge in [-0.3, -0.25) is 9.88 Å². The summed E-state index contributed by atoms with van der Waals surface area (Å²) in [6, 6.07) is 20.7. The van der Waals surface area contributed by atoms with Crippen molar-refractivity contribution in [3.8, 4) is 39.4 Å². The number of hydrogen-bond donors (Lipinski definition) is 0. The summed E-state index contributed by atoms with van der Waals surface area (Å²) < 4.78 is 21.4. The van der Waals surface area contributed by atoms with E-state index in [9.17, 15) is 4.39 Å². The number of ether oxygens (including phenoxy) is 1. The molecule has 2 aromatic carbocycles. The molecule has 38 heavy (non-hydrogen) atoms. The number of nitrogens with zero attached hydrogens (tertiary/aromatic N) is 6. The Balaban J connectivity index is 1.35. The van der Waals surface area contributed by atoms with Crippen LogP contribution in [0, 0.1) is 5.82 Å². The monoisotopic (exact) mass is 506 g/mol. The SMILES string of the molecule is COc1cc(-c2c(-c3ccncc3)nn3c(-c4ccc(N5CC6CC5CN6C)cc4)ccnc23)ccc1F. The van der Waals surface area contributed by atoms with E-state index >= 15 is 0 Å². The van der Waals surface area contributed by atoms with Crippen molar-refractivity contribution in [2.45, 2.75) is 18.5 Å². The highest BCUT2D eigenvalue weighted by atomic mass is 19.1. The van der Waals surface area contributed by atoms with E-state index in [2.05, 4.69) is 46.1 Å². The maximum atomic E-state index is 14.3. The van der Waals surface area contributed by atoms with Crippen molar-refractivity contribution >= 4 is 11.3 Å². The molecular formula is C30H27FN6O. The number of anilines is 1. The Morgan fingerprint density at radius 2 is 1.66 bits per heavy atom. The average Bonchev–Trinajstić information content (AvgIpc) is 3.66. The summed E-state index contributed by atoms with van der Waals surface area (Å²) in [4.78, 5) is 13.9. The molecule has 2 atom stereocenters. The highest BCUT2D eigenvalue weighted by molar-refractivity contribution is 5.91. The van der Waals surface area contributed by atoms with E-state index in [4.69, 9.17) is 14.8 Å². The molecule has 2 saturated heterocycles. The Hall–Kier alpha value is -4.30. The molecule has 8 heteroatoms. The Morgan fingerprint density at radius 1 is 0.868 bits per heavy atom. The second kappa shape index (κ2) is 8.92. The van der Waals surface area contributed by atoms with Crippen LogP contribution in [0.25, 0.3) is 39.3 Å². The summed E-state index contributed by atoms with van der Waals surface area (Å²) in [5.41, 5.74) is 7.16. The number of pyridine rings is 1. The second-order valence-electron chi connectivity index (χ2n) is 10.1. The van der Waals surface area contributed by atoms with Crippen molar-refractivity contribution in [1.82, 2.24) is 24.5 Å². The van der Waals surface area contributed by atoms with Crippen LogP contribution >= 0.6 is 0 Å². The van der Waals surface area contributed by atoms with E-state index in [1.807, 2.05) is 22.7 Å². The largest absolute Gasteiger partial charge is 0.494 e. The molecule has 2 bridgehead atoms. The Labute approximate surface area is 220 Å². The van der Waals surface area contributed by atoms with Crippen LogP contribution in [0.5, 0.6) is 5.75 Å². The standard InChI is InChI=1S/C30H27FN6O/c1-35-17-24-16-23(35)18-36(24)22-6-3-19(4-7-22)26-11-14-33-30-28(21-5-8-25(31)27(15-21)38-2)29(34-37(26)30)20-9-12-32-13-10-20/h3-15,23-24H,16-18H2,1-2H3. The fraction of sp³-hybridized carbons (Fsp3) is 0.233. The van der Waals surface area contributed by atoms with Gasteiger partial charge in [-0.1, -0.05) is 18.2 Å². The molecule has 0 aliphatic carbocycles. The minimum Gasteiger partial charge on any atom is -0.494 e. The highest BCUT2D eigenvalue weighted by Gasteiger charge is 2.41. The molecule has 5 heterocycles. The number of halogens is 1. The fourth-order valence-corrected chi connectivity index (χ4v) is 5.96. The normalized spacial score (nSPS) is 19.0. The lowest BCUT2D eigenvalue weighted by Gasteiger charge is -2.33. The molecule has 0 amide bonds. The number of rotatable bonds is 5.